The average Bonchev–Trinajstić information content (AvgIpc) is 3.34. The van der Waals surface area contributed by atoms with E-state index < -0.39 is 5.91 Å². The molecule has 2 aliphatic carbocycles. The van der Waals surface area contributed by atoms with Crippen LogP contribution < -0.4 is 5.32 Å². The standard InChI is InChI=1S/C18H16N4O3/c23-13(21-18-19-11-3-1-2-4-12(11)20-18)8-22-16(24)14-9-5-6-10(7-9)15(14)17(22)25/h1-6,9-10,14-15H,7-8H2,(H2,19,20,21,23)/t9-,10+,14+,15-. The van der Waals surface area contributed by atoms with Gasteiger partial charge in [0.15, 0.2) is 0 Å². The fraction of sp³-hybridized carbons (Fsp3) is 0.333. The lowest BCUT2D eigenvalue weighted by atomic mass is 9.85. The summed E-state index contributed by atoms with van der Waals surface area (Å²) in [6, 6.07) is 7.42. The van der Waals surface area contributed by atoms with Gasteiger partial charge in [-0.2, -0.15) is 0 Å². The molecule has 126 valence electrons. The first kappa shape index (κ1) is 14.4. The second-order valence-corrected chi connectivity index (χ2v) is 6.91. The number of imide groups is 1. The molecular formula is C18H16N4O3. The molecule has 3 aliphatic rings. The van der Waals surface area contributed by atoms with Crippen LogP contribution in [0.25, 0.3) is 11.0 Å². The van der Waals surface area contributed by atoms with Crippen molar-refractivity contribution in [1.82, 2.24) is 14.9 Å². The number of hydrogen-bond donors (Lipinski definition) is 2. The summed E-state index contributed by atoms with van der Waals surface area (Å²) in [7, 11) is 0. The average molecular weight is 336 g/mol. The molecule has 2 N–H and O–H groups in total. The van der Waals surface area contributed by atoms with Crippen molar-refractivity contribution < 1.29 is 14.4 Å². The van der Waals surface area contributed by atoms with E-state index in [2.05, 4.69) is 15.3 Å². The molecule has 0 spiro atoms. The van der Waals surface area contributed by atoms with Crippen LogP contribution in [0.1, 0.15) is 6.42 Å². The molecule has 1 aliphatic heterocycles. The van der Waals surface area contributed by atoms with E-state index in [1.54, 1.807) is 0 Å². The number of allylic oxidation sites excluding steroid dienone is 2. The largest absolute Gasteiger partial charge is 0.324 e. The second kappa shape index (κ2) is 5.02. The lowest BCUT2D eigenvalue weighted by Crippen LogP contribution is -2.39. The normalized spacial score (nSPS) is 29.7. The van der Waals surface area contributed by atoms with Crippen molar-refractivity contribution in [2.75, 3.05) is 11.9 Å². The summed E-state index contributed by atoms with van der Waals surface area (Å²) in [6.07, 6.45) is 4.95. The molecule has 1 saturated carbocycles. The Hall–Kier alpha value is -2.96. The molecule has 4 atom stereocenters. The lowest BCUT2D eigenvalue weighted by Gasteiger charge is -2.16. The number of carbonyl (C=O) groups is 3. The van der Waals surface area contributed by atoms with E-state index in [0.717, 1.165) is 22.4 Å². The van der Waals surface area contributed by atoms with Gasteiger partial charge in [-0.3, -0.25) is 24.6 Å². The number of hydrogen-bond acceptors (Lipinski definition) is 4. The third-order valence-electron chi connectivity index (χ3n) is 5.51. The third kappa shape index (κ3) is 2.05. The fourth-order valence-electron chi connectivity index (χ4n) is 4.45. The van der Waals surface area contributed by atoms with E-state index in [9.17, 15) is 14.4 Å². The molecule has 0 radical (unpaired) electrons. The Labute approximate surface area is 143 Å². The predicted molar refractivity (Wildman–Crippen MR) is 89.2 cm³/mol. The summed E-state index contributed by atoms with van der Waals surface area (Å²) < 4.78 is 0. The van der Waals surface area contributed by atoms with Crippen LogP contribution in [0.2, 0.25) is 0 Å². The molecular weight excluding hydrogens is 320 g/mol. The highest BCUT2D eigenvalue weighted by Gasteiger charge is 2.59. The van der Waals surface area contributed by atoms with Gasteiger partial charge in [-0.1, -0.05) is 24.3 Å². The SMILES string of the molecule is O=C(CN1C(=O)[C@@H]2[C@H](C1=O)[C@H]1C=C[C@@H]2C1)Nc1nc2ccccc2[nH]1. The maximum Gasteiger partial charge on any atom is 0.246 e. The minimum atomic E-state index is -0.430. The number of imidazole rings is 1. The molecule has 1 aromatic heterocycles. The zero-order chi connectivity index (χ0) is 17.1. The zero-order valence-corrected chi connectivity index (χ0v) is 13.3. The van der Waals surface area contributed by atoms with Crippen LogP contribution in [0.15, 0.2) is 36.4 Å². The Kier molecular flexibility index (Phi) is 2.89. The van der Waals surface area contributed by atoms with Crippen LogP contribution in [-0.4, -0.2) is 39.1 Å². The Morgan fingerprint density at radius 3 is 2.52 bits per heavy atom. The van der Waals surface area contributed by atoms with Crippen molar-refractivity contribution in [1.29, 1.82) is 0 Å². The van der Waals surface area contributed by atoms with Crippen molar-refractivity contribution in [3.05, 3.63) is 36.4 Å². The Balaban J connectivity index is 1.31. The van der Waals surface area contributed by atoms with E-state index in [1.165, 1.54) is 0 Å². The summed E-state index contributed by atoms with van der Waals surface area (Å²) >= 11 is 0. The van der Waals surface area contributed by atoms with Gasteiger partial charge >= 0.3 is 0 Å². The lowest BCUT2D eigenvalue weighted by molar-refractivity contribution is -0.143. The molecule has 2 aromatic rings. The number of carbonyl (C=O) groups excluding carboxylic acids is 3. The fourth-order valence-corrected chi connectivity index (χ4v) is 4.45. The molecule has 5 rings (SSSR count). The number of aromatic nitrogens is 2. The van der Waals surface area contributed by atoms with Crippen molar-refractivity contribution in [2.45, 2.75) is 6.42 Å². The molecule has 2 bridgehead atoms. The van der Waals surface area contributed by atoms with Gasteiger partial charge < -0.3 is 4.98 Å². The number of aromatic amines is 1. The van der Waals surface area contributed by atoms with E-state index in [4.69, 9.17) is 0 Å². The smallest absolute Gasteiger partial charge is 0.246 e. The molecule has 7 heteroatoms. The second-order valence-electron chi connectivity index (χ2n) is 6.91. The Bertz CT molecular complexity index is 884. The number of benzene rings is 1. The molecule has 0 unspecified atom stereocenters. The van der Waals surface area contributed by atoms with Gasteiger partial charge in [-0.15, -0.1) is 0 Å². The Morgan fingerprint density at radius 2 is 1.84 bits per heavy atom. The van der Waals surface area contributed by atoms with Crippen molar-refractivity contribution >= 4 is 34.7 Å². The maximum atomic E-state index is 12.6. The van der Waals surface area contributed by atoms with Crippen LogP contribution in [0.4, 0.5) is 5.95 Å². The van der Waals surface area contributed by atoms with Crippen LogP contribution in [0.3, 0.4) is 0 Å². The van der Waals surface area contributed by atoms with Crippen LogP contribution in [0.5, 0.6) is 0 Å². The number of nitrogens with zero attached hydrogens (tertiary/aromatic N) is 2. The maximum absolute atomic E-state index is 12.6. The van der Waals surface area contributed by atoms with E-state index in [0.29, 0.717) is 5.95 Å². The summed E-state index contributed by atoms with van der Waals surface area (Å²) in [4.78, 5) is 45.8. The predicted octanol–water partition coefficient (Wildman–Crippen LogP) is 1.31. The van der Waals surface area contributed by atoms with Crippen LogP contribution in [0, 0.1) is 23.7 Å². The van der Waals surface area contributed by atoms with Crippen molar-refractivity contribution in [3.8, 4) is 0 Å². The van der Waals surface area contributed by atoms with E-state index in [1.807, 2.05) is 36.4 Å². The number of H-pyrrole nitrogens is 1. The summed E-state index contributed by atoms with van der Waals surface area (Å²) in [6.45, 7) is -0.263. The third-order valence-corrected chi connectivity index (χ3v) is 5.51. The number of amides is 3. The zero-order valence-electron chi connectivity index (χ0n) is 13.3. The number of nitrogens with one attached hydrogen (secondary N) is 2. The van der Waals surface area contributed by atoms with Crippen molar-refractivity contribution in [2.24, 2.45) is 23.7 Å². The number of likely N-dealkylation sites (tertiary alicyclic amines) is 1. The molecule has 3 amide bonds. The number of rotatable bonds is 3. The van der Waals surface area contributed by atoms with Gasteiger partial charge in [-0.05, 0) is 30.4 Å². The molecule has 2 fully saturated rings. The molecule has 2 heterocycles. The van der Waals surface area contributed by atoms with Gasteiger partial charge in [0.05, 0.1) is 22.9 Å². The van der Waals surface area contributed by atoms with Gasteiger partial charge in [0.1, 0.15) is 6.54 Å². The first-order valence-electron chi connectivity index (χ1n) is 8.40. The quantitative estimate of drug-likeness (QED) is 0.652. The first-order chi connectivity index (χ1) is 12.1. The molecule has 25 heavy (non-hydrogen) atoms. The van der Waals surface area contributed by atoms with Gasteiger partial charge in [0, 0.05) is 0 Å². The minimum absolute atomic E-state index is 0.148. The summed E-state index contributed by atoms with van der Waals surface area (Å²) in [5, 5.41) is 2.64. The minimum Gasteiger partial charge on any atom is -0.324 e. The van der Waals surface area contributed by atoms with E-state index in [-0.39, 0.29) is 42.0 Å². The highest BCUT2D eigenvalue weighted by Crippen LogP contribution is 2.52. The molecule has 1 saturated heterocycles. The molecule has 7 nitrogen and oxygen atoms in total. The number of para-hydroxylation sites is 2. The van der Waals surface area contributed by atoms with Gasteiger partial charge in [0.2, 0.25) is 23.7 Å². The monoisotopic (exact) mass is 336 g/mol. The summed E-state index contributed by atoms with van der Waals surface area (Å²) in [5.41, 5.74) is 1.55. The van der Waals surface area contributed by atoms with E-state index >= 15 is 0 Å². The number of fused-ring (bicyclic) bond motifs is 6. The van der Waals surface area contributed by atoms with Gasteiger partial charge in [0.25, 0.3) is 0 Å². The topological polar surface area (TPSA) is 95.2 Å². The molecule has 1 aromatic carbocycles. The highest BCUT2D eigenvalue weighted by atomic mass is 16.2. The first-order valence-corrected chi connectivity index (χ1v) is 8.40. The van der Waals surface area contributed by atoms with Crippen LogP contribution >= 0.6 is 0 Å². The number of anilines is 1. The highest BCUT2D eigenvalue weighted by molar-refractivity contribution is 6.09. The summed E-state index contributed by atoms with van der Waals surface area (Å²) in [5.74, 6) is -0.806. The van der Waals surface area contributed by atoms with Gasteiger partial charge in [-0.25, -0.2) is 4.98 Å². The van der Waals surface area contributed by atoms with Crippen molar-refractivity contribution in [3.63, 3.8) is 0 Å². The van der Waals surface area contributed by atoms with Crippen LogP contribution in [-0.2, 0) is 14.4 Å². The Morgan fingerprint density at radius 1 is 1.16 bits per heavy atom.